The molecule has 0 aliphatic carbocycles. The lowest BCUT2D eigenvalue weighted by molar-refractivity contribution is -0.107. The molecule has 0 aromatic heterocycles. The summed E-state index contributed by atoms with van der Waals surface area (Å²) in [7, 11) is 0. The lowest BCUT2D eigenvalue weighted by Gasteiger charge is -1.83. The van der Waals surface area contributed by atoms with Gasteiger partial charge >= 0.3 is 0 Å². The van der Waals surface area contributed by atoms with Crippen LogP contribution in [-0.4, -0.2) is 23.8 Å². The van der Waals surface area contributed by atoms with E-state index in [-0.39, 0.29) is 6.04 Å². The highest BCUT2D eigenvalue weighted by atomic mass is 16.1. The van der Waals surface area contributed by atoms with E-state index in [9.17, 15) is 4.79 Å². The molecule has 1 unspecified atom stereocenters. The Labute approximate surface area is 42.4 Å². The van der Waals surface area contributed by atoms with Gasteiger partial charge in [0.05, 0.1) is 0 Å². The molecule has 1 fully saturated rings. The summed E-state index contributed by atoms with van der Waals surface area (Å²) in [6.45, 7) is 4.36. The Morgan fingerprint density at radius 3 is 2.71 bits per heavy atom. The van der Waals surface area contributed by atoms with Gasteiger partial charge in [0.2, 0.25) is 0 Å². The molecule has 7 heavy (non-hydrogen) atoms. The Kier molecular flexibility index (Phi) is 0.855. The summed E-state index contributed by atoms with van der Waals surface area (Å²) in [4.78, 5) is 11.7. The van der Waals surface area contributed by atoms with E-state index in [4.69, 9.17) is 0 Å². The smallest absolute Gasteiger partial charge is 0.144 e. The minimum atomic E-state index is 0.150. The van der Waals surface area contributed by atoms with Gasteiger partial charge in [0.25, 0.3) is 0 Å². The van der Waals surface area contributed by atoms with Crippen molar-refractivity contribution in [1.82, 2.24) is 4.90 Å². The van der Waals surface area contributed by atoms with Crippen molar-refractivity contribution in [3.05, 3.63) is 12.8 Å². The van der Waals surface area contributed by atoms with Crippen molar-refractivity contribution in [2.45, 2.75) is 6.04 Å². The average molecular weight is 97.1 g/mol. The molecule has 2 nitrogen and oxygen atoms in total. The minimum absolute atomic E-state index is 0.150. The van der Waals surface area contributed by atoms with Crippen molar-refractivity contribution in [3.8, 4) is 0 Å². The number of hydrogen-bond acceptors (Lipinski definition) is 2. The molecular formula is C5H7NO. The van der Waals surface area contributed by atoms with Crippen LogP contribution in [0.3, 0.4) is 0 Å². The van der Waals surface area contributed by atoms with Crippen molar-refractivity contribution in [2.75, 3.05) is 6.54 Å². The molecule has 0 amide bonds. The monoisotopic (exact) mass is 97.1 g/mol. The van der Waals surface area contributed by atoms with Crippen molar-refractivity contribution in [1.29, 1.82) is 0 Å². The second-order valence-corrected chi connectivity index (χ2v) is 1.58. The van der Waals surface area contributed by atoms with Crippen LogP contribution in [0.5, 0.6) is 0 Å². The molecule has 0 aromatic rings. The number of rotatable bonds is 2. The first-order chi connectivity index (χ1) is 3.38. The van der Waals surface area contributed by atoms with Gasteiger partial charge in [-0.3, -0.25) is 0 Å². The fourth-order valence-corrected chi connectivity index (χ4v) is 0.500. The second-order valence-electron chi connectivity index (χ2n) is 1.58. The van der Waals surface area contributed by atoms with Gasteiger partial charge in [-0.15, -0.1) is 0 Å². The molecule has 1 heterocycles. The van der Waals surface area contributed by atoms with Crippen molar-refractivity contribution >= 4 is 6.29 Å². The summed E-state index contributed by atoms with van der Waals surface area (Å²) >= 11 is 0. The Morgan fingerprint density at radius 2 is 2.57 bits per heavy atom. The Bertz CT molecular complexity index is 88.3. The molecule has 1 rings (SSSR count). The zero-order chi connectivity index (χ0) is 5.28. The van der Waals surface area contributed by atoms with E-state index in [2.05, 4.69) is 6.58 Å². The van der Waals surface area contributed by atoms with Crippen LogP contribution in [0.2, 0.25) is 0 Å². The van der Waals surface area contributed by atoms with Crippen molar-refractivity contribution < 1.29 is 4.79 Å². The zero-order valence-electron chi connectivity index (χ0n) is 4.00. The number of hydrogen-bond donors (Lipinski definition) is 0. The van der Waals surface area contributed by atoms with Crippen LogP contribution >= 0.6 is 0 Å². The highest BCUT2D eigenvalue weighted by molar-refractivity contribution is 5.62. The maximum Gasteiger partial charge on any atom is 0.144 e. The van der Waals surface area contributed by atoms with Crippen LogP contribution in [0.4, 0.5) is 0 Å². The predicted molar refractivity (Wildman–Crippen MR) is 26.8 cm³/mol. The molecule has 1 saturated heterocycles. The SMILES string of the molecule is C=CN1CC1C=O. The highest BCUT2D eigenvalue weighted by Gasteiger charge is 2.28. The third-order valence-electron chi connectivity index (χ3n) is 1.08. The maximum absolute atomic E-state index is 9.85. The van der Waals surface area contributed by atoms with Gasteiger partial charge in [-0.2, -0.15) is 0 Å². The molecule has 38 valence electrons. The summed E-state index contributed by atoms with van der Waals surface area (Å²) in [6, 6.07) is 0.150. The first kappa shape index (κ1) is 4.37. The molecule has 0 aromatic carbocycles. The quantitative estimate of drug-likeness (QED) is 0.357. The summed E-state index contributed by atoms with van der Waals surface area (Å²) in [6.07, 6.45) is 2.61. The van der Waals surface area contributed by atoms with Gasteiger partial charge in [-0.25, -0.2) is 0 Å². The van der Waals surface area contributed by atoms with E-state index < -0.39 is 0 Å². The molecule has 0 N–H and O–H groups in total. The van der Waals surface area contributed by atoms with Gasteiger partial charge in [0, 0.05) is 6.54 Å². The van der Waals surface area contributed by atoms with Crippen LogP contribution in [-0.2, 0) is 4.79 Å². The van der Waals surface area contributed by atoms with Crippen LogP contribution in [0.1, 0.15) is 0 Å². The molecule has 0 saturated carbocycles. The van der Waals surface area contributed by atoms with Crippen LogP contribution in [0, 0.1) is 0 Å². The number of carbonyl (C=O) groups is 1. The lowest BCUT2D eigenvalue weighted by atomic mass is 10.5. The van der Waals surface area contributed by atoms with E-state index in [1.807, 2.05) is 4.90 Å². The van der Waals surface area contributed by atoms with Crippen LogP contribution in [0.25, 0.3) is 0 Å². The molecule has 1 aliphatic rings. The van der Waals surface area contributed by atoms with Crippen molar-refractivity contribution in [2.24, 2.45) is 0 Å². The van der Waals surface area contributed by atoms with E-state index in [0.717, 1.165) is 12.8 Å². The Hall–Kier alpha value is -0.790. The highest BCUT2D eigenvalue weighted by Crippen LogP contribution is 2.12. The largest absolute Gasteiger partial charge is 0.364 e. The standard InChI is InChI=1S/C5H7NO/c1-2-6-3-5(6)4-7/h2,4-5H,1,3H2. The molecule has 1 aliphatic heterocycles. The average Bonchev–Trinajstić information content (AvgIpc) is 2.43. The molecule has 2 heteroatoms. The van der Waals surface area contributed by atoms with Gasteiger partial charge in [-0.05, 0) is 6.20 Å². The summed E-state index contributed by atoms with van der Waals surface area (Å²) in [5.74, 6) is 0. The van der Waals surface area contributed by atoms with E-state index in [1.54, 1.807) is 6.20 Å². The minimum Gasteiger partial charge on any atom is -0.364 e. The summed E-state index contributed by atoms with van der Waals surface area (Å²) < 4.78 is 0. The van der Waals surface area contributed by atoms with Gasteiger partial charge in [0.15, 0.2) is 0 Å². The third-order valence-corrected chi connectivity index (χ3v) is 1.08. The van der Waals surface area contributed by atoms with Crippen LogP contribution in [0.15, 0.2) is 12.8 Å². The fraction of sp³-hybridized carbons (Fsp3) is 0.400. The number of aldehydes is 1. The van der Waals surface area contributed by atoms with Gasteiger partial charge in [0.1, 0.15) is 12.3 Å². The summed E-state index contributed by atoms with van der Waals surface area (Å²) in [5, 5.41) is 0. The first-order valence-electron chi connectivity index (χ1n) is 2.22. The van der Waals surface area contributed by atoms with Gasteiger partial charge in [-0.1, -0.05) is 6.58 Å². The van der Waals surface area contributed by atoms with E-state index >= 15 is 0 Å². The maximum atomic E-state index is 9.85. The first-order valence-corrected chi connectivity index (χ1v) is 2.22. The fourth-order valence-electron chi connectivity index (χ4n) is 0.500. The lowest BCUT2D eigenvalue weighted by Crippen LogP contribution is -1.91. The Morgan fingerprint density at radius 1 is 1.86 bits per heavy atom. The second kappa shape index (κ2) is 1.37. The molecule has 0 radical (unpaired) electrons. The molecule has 0 bridgehead atoms. The van der Waals surface area contributed by atoms with E-state index in [1.165, 1.54) is 0 Å². The number of nitrogens with zero attached hydrogens (tertiary/aromatic N) is 1. The normalized spacial score (nSPS) is 26.9. The van der Waals surface area contributed by atoms with Gasteiger partial charge < -0.3 is 9.69 Å². The third kappa shape index (κ3) is 0.633. The zero-order valence-corrected chi connectivity index (χ0v) is 4.00. The molecular weight excluding hydrogens is 90.1 g/mol. The number of carbonyl (C=O) groups excluding carboxylic acids is 1. The molecule has 1 atom stereocenters. The molecule has 0 spiro atoms. The summed E-state index contributed by atoms with van der Waals surface area (Å²) in [5.41, 5.74) is 0. The Balaban J connectivity index is 2.30. The van der Waals surface area contributed by atoms with E-state index in [0.29, 0.717) is 0 Å². The van der Waals surface area contributed by atoms with Crippen LogP contribution < -0.4 is 0 Å². The topological polar surface area (TPSA) is 20.1 Å². The predicted octanol–water partition coefficient (Wildman–Crippen LogP) is 0.0130. The van der Waals surface area contributed by atoms with Crippen molar-refractivity contribution in [3.63, 3.8) is 0 Å².